The van der Waals surface area contributed by atoms with E-state index in [9.17, 15) is 24.5 Å². The Morgan fingerprint density at radius 1 is 0.917 bits per heavy atom. The normalized spacial score (nSPS) is 18.8. The summed E-state index contributed by atoms with van der Waals surface area (Å²) in [6, 6.07) is 14.4. The number of anilines is 1. The van der Waals surface area contributed by atoms with Crippen LogP contribution in [0.2, 0.25) is 0 Å². The molecule has 5 rings (SSSR count). The van der Waals surface area contributed by atoms with Crippen LogP contribution in [0.3, 0.4) is 0 Å². The predicted octanol–water partition coefficient (Wildman–Crippen LogP) is 4.82. The van der Waals surface area contributed by atoms with Crippen molar-refractivity contribution in [1.29, 1.82) is 0 Å². The van der Waals surface area contributed by atoms with Crippen molar-refractivity contribution in [3.05, 3.63) is 97.5 Å². The van der Waals surface area contributed by atoms with Crippen LogP contribution in [-0.4, -0.2) is 40.2 Å². The number of amides is 3. The summed E-state index contributed by atoms with van der Waals surface area (Å²) < 4.78 is 6.41. The van der Waals surface area contributed by atoms with Crippen LogP contribution >= 0.6 is 15.9 Å². The van der Waals surface area contributed by atoms with Gasteiger partial charge in [-0.3, -0.25) is 29.4 Å². The second kappa shape index (κ2) is 8.87. The average Bonchev–Trinajstić information content (AvgIpc) is 3.10. The first-order valence-corrected chi connectivity index (χ1v) is 12.0. The number of hydrogen-bond donors (Lipinski definition) is 0. The quantitative estimate of drug-likeness (QED) is 0.189. The third-order valence-corrected chi connectivity index (χ3v) is 7.30. The minimum absolute atomic E-state index is 0.0433. The molecule has 9 nitrogen and oxygen atoms in total. The minimum Gasteiger partial charge on any atom is -0.494 e. The van der Waals surface area contributed by atoms with Gasteiger partial charge in [0.15, 0.2) is 0 Å². The standard InChI is InChI=1S/C26H20BrN3O6/c1-3-36-18-8-4-15(5-9-18)22-23(26(33)28(22)16-7-11-21(27)14(2)12-16)29-24(31)19-10-6-17(30(34)35)13-20(19)25(29)32/h4-13,22-23H,3H2,1-2H3/t22-,23-/m1/s1. The molecular formula is C26H20BrN3O6. The van der Waals surface area contributed by atoms with Crippen LogP contribution in [0.5, 0.6) is 5.75 Å². The molecule has 182 valence electrons. The van der Waals surface area contributed by atoms with Gasteiger partial charge in [-0.1, -0.05) is 28.1 Å². The number of nitro benzene ring substituents is 1. The number of carbonyl (C=O) groups excluding carboxylic acids is 3. The highest BCUT2D eigenvalue weighted by molar-refractivity contribution is 9.10. The minimum atomic E-state index is -1.10. The van der Waals surface area contributed by atoms with E-state index >= 15 is 0 Å². The Morgan fingerprint density at radius 3 is 2.25 bits per heavy atom. The van der Waals surface area contributed by atoms with E-state index in [-0.39, 0.29) is 16.8 Å². The van der Waals surface area contributed by atoms with Crippen molar-refractivity contribution >= 4 is 45.0 Å². The molecule has 3 amide bonds. The fourth-order valence-corrected chi connectivity index (χ4v) is 4.91. The van der Waals surface area contributed by atoms with E-state index in [1.165, 1.54) is 12.1 Å². The van der Waals surface area contributed by atoms with Gasteiger partial charge in [0.05, 0.1) is 28.7 Å². The fourth-order valence-electron chi connectivity index (χ4n) is 4.66. The Balaban J connectivity index is 1.57. The highest BCUT2D eigenvalue weighted by atomic mass is 79.9. The number of nitrogens with zero attached hydrogens (tertiary/aromatic N) is 3. The maximum absolute atomic E-state index is 13.6. The number of carbonyl (C=O) groups is 3. The second-order valence-electron chi connectivity index (χ2n) is 8.50. The number of rotatable bonds is 6. The summed E-state index contributed by atoms with van der Waals surface area (Å²) in [6.45, 7) is 4.27. The molecule has 3 aromatic rings. The topological polar surface area (TPSA) is 110 Å². The molecule has 2 aliphatic rings. The molecule has 0 aliphatic carbocycles. The number of nitro groups is 1. The monoisotopic (exact) mass is 549 g/mol. The molecule has 0 radical (unpaired) electrons. The molecule has 36 heavy (non-hydrogen) atoms. The summed E-state index contributed by atoms with van der Waals surface area (Å²) in [7, 11) is 0. The van der Waals surface area contributed by atoms with Crippen molar-refractivity contribution in [2.45, 2.75) is 25.9 Å². The average molecular weight is 550 g/mol. The van der Waals surface area contributed by atoms with Crippen molar-refractivity contribution in [2.75, 3.05) is 11.5 Å². The summed E-state index contributed by atoms with van der Waals surface area (Å²) >= 11 is 3.47. The first kappa shape index (κ1) is 23.7. The van der Waals surface area contributed by atoms with Crippen molar-refractivity contribution < 1.29 is 24.0 Å². The lowest BCUT2D eigenvalue weighted by molar-refractivity contribution is -0.384. The lowest BCUT2D eigenvalue weighted by atomic mass is 9.86. The molecule has 3 aromatic carbocycles. The summed E-state index contributed by atoms with van der Waals surface area (Å²) in [6.07, 6.45) is 0. The molecule has 0 saturated carbocycles. The van der Waals surface area contributed by atoms with E-state index < -0.39 is 34.7 Å². The van der Waals surface area contributed by atoms with Crippen molar-refractivity contribution in [1.82, 2.24) is 4.90 Å². The zero-order valence-electron chi connectivity index (χ0n) is 19.3. The number of aryl methyl sites for hydroxylation is 1. The van der Waals surface area contributed by atoms with Crippen LogP contribution in [0, 0.1) is 17.0 Å². The molecule has 10 heteroatoms. The van der Waals surface area contributed by atoms with E-state index in [1.54, 1.807) is 35.2 Å². The van der Waals surface area contributed by atoms with Crippen LogP contribution in [-0.2, 0) is 4.79 Å². The lowest BCUT2D eigenvalue weighted by Crippen LogP contribution is -2.67. The number of non-ortho nitro benzene ring substituents is 1. The Kier molecular flexibility index (Phi) is 5.83. The highest BCUT2D eigenvalue weighted by Gasteiger charge is 2.57. The Hall–Kier alpha value is -4.05. The van der Waals surface area contributed by atoms with Gasteiger partial charge in [0, 0.05) is 22.3 Å². The molecule has 0 aromatic heterocycles. The second-order valence-corrected chi connectivity index (χ2v) is 9.36. The molecule has 0 spiro atoms. The summed E-state index contributed by atoms with van der Waals surface area (Å²) in [5.74, 6) is -1.13. The summed E-state index contributed by atoms with van der Waals surface area (Å²) in [4.78, 5) is 53.2. The fraction of sp³-hybridized carbons (Fsp3) is 0.192. The molecule has 2 aliphatic heterocycles. The van der Waals surface area contributed by atoms with Gasteiger partial charge in [0.1, 0.15) is 11.8 Å². The van der Waals surface area contributed by atoms with Crippen LogP contribution < -0.4 is 9.64 Å². The number of β-lactam (4-membered cyclic amide) rings is 1. The van der Waals surface area contributed by atoms with Crippen molar-refractivity contribution in [2.24, 2.45) is 0 Å². The molecule has 1 saturated heterocycles. The maximum atomic E-state index is 13.6. The zero-order chi connectivity index (χ0) is 25.7. The Bertz CT molecular complexity index is 1440. The maximum Gasteiger partial charge on any atom is 0.270 e. The third-order valence-electron chi connectivity index (χ3n) is 6.41. The van der Waals surface area contributed by atoms with Crippen LogP contribution in [0.4, 0.5) is 11.4 Å². The van der Waals surface area contributed by atoms with E-state index in [0.717, 1.165) is 21.0 Å². The van der Waals surface area contributed by atoms with E-state index in [0.29, 0.717) is 23.6 Å². The first-order chi connectivity index (χ1) is 17.2. The number of benzene rings is 3. The molecule has 2 heterocycles. The summed E-state index contributed by atoms with van der Waals surface area (Å²) in [5.41, 5.74) is 1.93. The number of hydrogen-bond acceptors (Lipinski definition) is 6. The van der Waals surface area contributed by atoms with Gasteiger partial charge in [-0.05, 0) is 61.4 Å². The van der Waals surface area contributed by atoms with Gasteiger partial charge in [-0.15, -0.1) is 0 Å². The number of fused-ring (bicyclic) bond motifs is 1. The van der Waals surface area contributed by atoms with Gasteiger partial charge < -0.3 is 9.64 Å². The smallest absolute Gasteiger partial charge is 0.270 e. The number of halogens is 1. The van der Waals surface area contributed by atoms with Gasteiger partial charge in [0.2, 0.25) is 0 Å². The van der Waals surface area contributed by atoms with Gasteiger partial charge >= 0.3 is 0 Å². The first-order valence-electron chi connectivity index (χ1n) is 11.2. The van der Waals surface area contributed by atoms with Gasteiger partial charge in [-0.2, -0.15) is 0 Å². The number of ether oxygens (including phenoxy) is 1. The van der Waals surface area contributed by atoms with E-state index in [2.05, 4.69) is 15.9 Å². The molecule has 2 atom stereocenters. The third kappa shape index (κ3) is 3.65. The molecule has 1 fully saturated rings. The molecule has 0 bridgehead atoms. The summed E-state index contributed by atoms with van der Waals surface area (Å²) in [5, 5.41) is 11.2. The molecular weight excluding hydrogens is 530 g/mol. The Labute approximate surface area is 214 Å². The Morgan fingerprint density at radius 2 is 1.61 bits per heavy atom. The largest absolute Gasteiger partial charge is 0.494 e. The molecule has 0 unspecified atom stereocenters. The van der Waals surface area contributed by atoms with E-state index in [1.807, 2.05) is 26.0 Å². The number of imide groups is 1. The van der Waals surface area contributed by atoms with Crippen LogP contribution in [0.25, 0.3) is 0 Å². The van der Waals surface area contributed by atoms with Crippen LogP contribution in [0.1, 0.15) is 44.8 Å². The predicted molar refractivity (Wildman–Crippen MR) is 134 cm³/mol. The van der Waals surface area contributed by atoms with Crippen molar-refractivity contribution in [3.63, 3.8) is 0 Å². The SMILES string of the molecule is CCOc1ccc([C@@H]2[C@@H](N3C(=O)c4ccc([N+](=O)[O-])cc4C3=O)C(=O)N2c2ccc(Br)c(C)c2)cc1. The zero-order valence-corrected chi connectivity index (χ0v) is 20.9. The van der Waals surface area contributed by atoms with Crippen LogP contribution in [0.15, 0.2) is 65.1 Å². The lowest BCUT2D eigenvalue weighted by Gasteiger charge is -2.49. The van der Waals surface area contributed by atoms with Crippen molar-refractivity contribution in [3.8, 4) is 5.75 Å². The van der Waals surface area contributed by atoms with Gasteiger partial charge in [-0.25, -0.2) is 0 Å². The van der Waals surface area contributed by atoms with E-state index in [4.69, 9.17) is 4.74 Å². The highest BCUT2D eigenvalue weighted by Crippen LogP contribution is 2.45. The van der Waals surface area contributed by atoms with Gasteiger partial charge in [0.25, 0.3) is 23.4 Å². The molecule has 0 N–H and O–H groups in total.